The van der Waals surface area contributed by atoms with E-state index in [2.05, 4.69) is 40.1 Å². The van der Waals surface area contributed by atoms with Gasteiger partial charge in [0.05, 0.1) is 27.9 Å². The fraction of sp³-hybridized carbons (Fsp3) is 0.409. The normalized spacial score (nSPS) is 12.5. The number of fused-ring (bicyclic) bond motifs is 1. The first-order chi connectivity index (χ1) is 15.7. The van der Waals surface area contributed by atoms with Crippen LogP contribution in [0, 0.1) is 5.92 Å². The van der Waals surface area contributed by atoms with Crippen molar-refractivity contribution in [2.45, 2.75) is 49.7 Å². The summed E-state index contributed by atoms with van der Waals surface area (Å²) in [6.07, 6.45) is 1.63. The molecule has 0 amide bonds. The third-order valence-electron chi connectivity index (χ3n) is 5.23. The molecule has 0 N–H and O–H groups in total. The van der Waals surface area contributed by atoms with Gasteiger partial charge in [-0.05, 0) is 43.2 Å². The summed E-state index contributed by atoms with van der Waals surface area (Å²) in [5, 5.41) is 9.57. The molecule has 3 heterocycles. The van der Waals surface area contributed by atoms with Crippen LogP contribution in [-0.4, -0.2) is 51.1 Å². The molecule has 3 aromatic heterocycles. The van der Waals surface area contributed by atoms with Gasteiger partial charge in [-0.15, -0.1) is 10.2 Å². The van der Waals surface area contributed by atoms with E-state index in [-0.39, 0.29) is 4.90 Å². The second kappa shape index (κ2) is 9.32. The number of hydrogen-bond acceptors (Lipinski definition) is 7. The molecule has 0 bridgehead atoms. The van der Waals surface area contributed by atoms with E-state index < -0.39 is 10.0 Å². The smallest absolute Gasteiger partial charge is 0.242 e. The number of furan rings is 1. The van der Waals surface area contributed by atoms with Gasteiger partial charge in [0.25, 0.3) is 0 Å². The minimum Gasteiger partial charge on any atom is -0.461 e. The molecular weight excluding hydrogens is 460 g/mol. The van der Waals surface area contributed by atoms with Gasteiger partial charge in [0.2, 0.25) is 10.0 Å². The van der Waals surface area contributed by atoms with Crippen LogP contribution in [0.5, 0.6) is 0 Å². The highest BCUT2D eigenvalue weighted by atomic mass is 32.2. The van der Waals surface area contributed by atoms with Crippen LogP contribution in [0.3, 0.4) is 0 Å². The van der Waals surface area contributed by atoms with Crippen LogP contribution < -0.4 is 0 Å². The van der Waals surface area contributed by atoms with Gasteiger partial charge in [0.1, 0.15) is 5.82 Å². The minimum absolute atomic E-state index is 0.236. The lowest BCUT2D eigenvalue weighted by molar-refractivity contribution is 0.489. The van der Waals surface area contributed by atoms with Crippen LogP contribution in [0.2, 0.25) is 0 Å². The number of rotatable bonds is 9. The third-order valence-corrected chi connectivity index (χ3v) is 8.00. The van der Waals surface area contributed by atoms with E-state index in [1.807, 2.05) is 18.2 Å². The predicted molar refractivity (Wildman–Crippen MR) is 128 cm³/mol. The Hall–Kier alpha value is -2.63. The maximum Gasteiger partial charge on any atom is 0.242 e. The number of imidazole rings is 1. The van der Waals surface area contributed by atoms with Crippen molar-refractivity contribution in [1.29, 1.82) is 0 Å². The average Bonchev–Trinajstić information content (AvgIpc) is 3.49. The summed E-state index contributed by atoms with van der Waals surface area (Å²) in [6, 6.07) is 8.82. The molecule has 1 aromatic carbocycles. The van der Waals surface area contributed by atoms with Crippen LogP contribution in [0.4, 0.5) is 0 Å². The number of nitrogens with zero attached hydrogens (tertiary/aromatic N) is 6. The fourth-order valence-electron chi connectivity index (χ4n) is 3.64. The Morgan fingerprint density at radius 2 is 1.94 bits per heavy atom. The summed E-state index contributed by atoms with van der Waals surface area (Å²) >= 11 is 1.56. The van der Waals surface area contributed by atoms with Crippen LogP contribution in [0.1, 0.15) is 26.6 Å². The van der Waals surface area contributed by atoms with Crippen molar-refractivity contribution in [1.82, 2.24) is 28.6 Å². The average molecular weight is 489 g/mol. The molecule has 4 aromatic rings. The van der Waals surface area contributed by atoms with Crippen LogP contribution >= 0.6 is 11.8 Å². The SMILES string of the molecule is CCn1c(CSc2nnc(-c3ccco3)n2CC(C)C)nc2cc(S(=O)(=O)N(C)C)ccc21. The second-order valence-corrected chi connectivity index (χ2v) is 11.4. The lowest BCUT2D eigenvalue weighted by Gasteiger charge is -2.12. The lowest BCUT2D eigenvalue weighted by atomic mass is 10.2. The van der Waals surface area contributed by atoms with Gasteiger partial charge in [-0.25, -0.2) is 17.7 Å². The zero-order valence-electron chi connectivity index (χ0n) is 19.4. The molecule has 0 saturated heterocycles. The largest absolute Gasteiger partial charge is 0.461 e. The summed E-state index contributed by atoms with van der Waals surface area (Å²) in [4.78, 5) is 5.00. The number of hydrogen-bond donors (Lipinski definition) is 0. The Bertz CT molecular complexity index is 1350. The van der Waals surface area contributed by atoms with Crippen molar-refractivity contribution in [3.63, 3.8) is 0 Å². The van der Waals surface area contributed by atoms with Crippen LogP contribution in [-0.2, 0) is 28.9 Å². The summed E-state index contributed by atoms with van der Waals surface area (Å²) in [5.41, 5.74) is 1.57. The molecule has 0 aliphatic rings. The molecule has 33 heavy (non-hydrogen) atoms. The molecule has 0 atom stereocenters. The highest BCUT2D eigenvalue weighted by Crippen LogP contribution is 2.29. The van der Waals surface area contributed by atoms with Crippen molar-refractivity contribution in [3.05, 3.63) is 42.4 Å². The van der Waals surface area contributed by atoms with E-state index in [0.29, 0.717) is 28.8 Å². The summed E-state index contributed by atoms with van der Waals surface area (Å²) < 4.78 is 36.0. The van der Waals surface area contributed by atoms with Gasteiger partial charge in [-0.2, -0.15) is 0 Å². The van der Waals surface area contributed by atoms with Gasteiger partial charge in [-0.3, -0.25) is 4.57 Å². The number of aryl methyl sites for hydroxylation is 1. The van der Waals surface area contributed by atoms with Gasteiger partial charge in [-0.1, -0.05) is 25.6 Å². The first-order valence-electron chi connectivity index (χ1n) is 10.7. The second-order valence-electron chi connectivity index (χ2n) is 8.29. The molecule has 176 valence electrons. The monoisotopic (exact) mass is 488 g/mol. The zero-order chi connectivity index (χ0) is 23.8. The molecule has 0 aliphatic heterocycles. The van der Waals surface area contributed by atoms with Gasteiger partial charge in [0.15, 0.2) is 16.7 Å². The van der Waals surface area contributed by atoms with Gasteiger partial charge >= 0.3 is 0 Å². The Balaban J connectivity index is 1.66. The molecule has 0 unspecified atom stereocenters. The Labute approximate surface area is 197 Å². The first kappa shape index (κ1) is 23.5. The van der Waals surface area contributed by atoms with E-state index >= 15 is 0 Å². The van der Waals surface area contributed by atoms with E-state index in [4.69, 9.17) is 9.40 Å². The number of benzene rings is 1. The van der Waals surface area contributed by atoms with Crippen molar-refractivity contribution in [2.24, 2.45) is 5.92 Å². The zero-order valence-corrected chi connectivity index (χ0v) is 21.0. The molecule has 0 fully saturated rings. The molecule has 0 saturated carbocycles. The van der Waals surface area contributed by atoms with Crippen molar-refractivity contribution in [3.8, 4) is 11.6 Å². The number of aromatic nitrogens is 5. The molecule has 11 heteroatoms. The highest BCUT2D eigenvalue weighted by Gasteiger charge is 2.21. The van der Waals surface area contributed by atoms with Crippen LogP contribution in [0.15, 0.2) is 51.1 Å². The molecule has 9 nitrogen and oxygen atoms in total. The molecule has 4 rings (SSSR count). The van der Waals surface area contributed by atoms with E-state index in [9.17, 15) is 8.42 Å². The van der Waals surface area contributed by atoms with E-state index in [1.165, 1.54) is 18.4 Å². The molecule has 0 radical (unpaired) electrons. The standard InChI is InChI=1S/C22H28N6O3S2/c1-6-27-18-10-9-16(33(29,30)26(4)5)12-17(18)23-20(27)14-32-22-25-24-21(19-8-7-11-31-19)28(22)13-15(2)3/h7-12,15H,6,13-14H2,1-5H3. The molecule has 0 aliphatic carbocycles. The number of sulfonamides is 1. The van der Waals surface area contributed by atoms with Crippen LogP contribution in [0.25, 0.3) is 22.6 Å². The summed E-state index contributed by atoms with van der Waals surface area (Å²) in [5.74, 6) is 3.23. The molecular formula is C22H28N6O3S2. The van der Waals surface area contributed by atoms with Crippen molar-refractivity contribution in [2.75, 3.05) is 14.1 Å². The summed E-state index contributed by atoms with van der Waals surface area (Å²) in [6.45, 7) is 7.84. The van der Waals surface area contributed by atoms with E-state index in [0.717, 1.165) is 29.6 Å². The summed E-state index contributed by atoms with van der Waals surface area (Å²) in [7, 11) is -0.473. The van der Waals surface area contributed by atoms with Gasteiger partial charge in [0, 0.05) is 27.2 Å². The topological polar surface area (TPSA) is 99.0 Å². The first-order valence-corrected chi connectivity index (χ1v) is 13.2. The third kappa shape index (κ3) is 4.57. The quantitative estimate of drug-likeness (QED) is 0.327. The maximum absolute atomic E-state index is 12.5. The predicted octanol–water partition coefficient (Wildman–Crippen LogP) is 4.11. The fourth-order valence-corrected chi connectivity index (χ4v) is 5.45. The lowest BCUT2D eigenvalue weighted by Crippen LogP contribution is -2.22. The number of thioether (sulfide) groups is 1. The Morgan fingerprint density at radius 3 is 2.58 bits per heavy atom. The maximum atomic E-state index is 12.5. The van der Waals surface area contributed by atoms with E-state index in [1.54, 1.807) is 30.2 Å². The minimum atomic E-state index is -3.52. The van der Waals surface area contributed by atoms with Crippen molar-refractivity contribution < 1.29 is 12.8 Å². The van der Waals surface area contributed by atoms with Gasteiger partial charge < -0.3 is 8.98 Å². The Kier molecular flexibility index (Phi) is 6.64. The van der Waals surface area contributed by atoms with Crippen molar-refractivity contribution >= 4 is 32.8 Å². The highest BCUT2D eigenvalue weighted by molar-refractivity contribution is 7.98. The Morgan fingerprint density at radius 1 is 1.15 bits per heavy atom. The molecule has 0 spiro atoms.